The first-order chi connectivity index (χ1) is 9.66. The molecule has 0 unspecified atom stereocenters. The van der Waals surface area contributed by atoms with E-state index in [4.69, 9.17) is 5.73 Å². The minimum atomic E-state index is -0.656. The van der Waals surface area contributed by atoms with E-state index >= 15 is 0 Å². The molecule has 5 nitrogen and oxygen atoms in total. The molecule has 5 heteroatoms. The second-order valence-corrected chi connectivity index (χ2v) is 5.12. The first kappa shape index (κ1) is 14.5. The van der Waals surface area contributed by atoms with Crippen LogP contribution in [-0.4, -0.2) is 24.4 Å². The molecule has 108 valence electrons. The molecular formula is C15H21N3O2. The first-order valence-electron chi connectivity index (χ1n) is 7.04. The summed E-state index contributed by atoms with van der Waals surface area (Å²) in [5.41, 5.74) is 6.65. The number of carbonyl (C=O) groups excluding carboxylic acids is 2. The Morgan fingerprint density at radius 3 is 2.60 bits per heavy atom. The zero-order valence-electron chi connectivity index (χ0n) is 11.5. The van der Waals surface area contributed by atoms with E-state index in [1.807, 2.05) is 30.3 Å². The van der Waals surface area contributed by atoms with Crippen molar-refractivity contribution < 1.29 is 9.59 Å². The lowest BCUT2D eigenvalue weighted by Gasteiger charge is -2.12. The highest BCUT2D eigenvalue weighted by Crippen LogP contribution is 2.18. The number of hydrogen-bond donors (Lipinski definition) is 3. The molecule has 0 heterocycles. The lowest BCUT2D eigenvalue weighted by atomic mass is 10.1. The summed E-state index contributed by atoms with van der Waals surface area (Å²) in [7, 11) is 0. The molecule has 1 atom stereocenters. The lowest BCUT2D eigenvalue weighted by molar-refractivity contribution is -0.123. The van der Waals surface area contributed by atoms with Gasteiger partial charge in [0, 0.05) is 19.0 Å². The molecule has 1 saturated carbocycles. The van der Waals surface area contributed by atoms with Gasteiger partial charge in [-0.3, -0.25) is 9.59 Å². The molecular weight excluding hydrogens is 254 g/mol. The van der Waals surface area contributed by atoms with Gasteiger partial charge in [0.15, 0.2) is 0 Å². The van der Waals surface area contributed by atoms with Gasteiger partial charge in [0.05, 0.1) is 0 Å². The van der Waals surface area contributed by atoms with Crippen molar-refractivity contribution >= 4 is 11.8 Å². The third-order valence-electron chi connectivity index (χ3n) is 3.26. The van der Waals surface area contributed by atoms with Crippen molar-refractivity contribution in [1.82, 2.24) is 10.6 Å². The molecule has 4 N–H and O–H groups in total. The summed E-state index contributed by atoms with van der Waals surface area (Å²) < 4.78 is 0. The zero-order chi connectivity index (χ0) is 14.4. The smallest absolute Gasteiger partial charge is 0.241 e. The minimum absolute atomic E-state index is 0.0640. The summed E-state index contributed by atoms with van der Waals surface area (Å²) in [5, 5.41) is 5.68. The quantitative estimate of drug-likeness (QED) is 0.645. The standard InChI is InChI=1S/C15H21N3O2/c16-14(11-5-2-1-3-6-11)15(20)17-10-4-7-13(19)18-12-8-9-12/h1-3,5-6,12,14H,4,7-10,16H2,(H,17,20)(H,18,19)/t14-/m1/s1. The van der Waals surface area contributed by atoms with Gasteiger partial charge in [-0.25, -0.2) is 0 Å². The maximum absolute atomic E-state index is 11.8. The largest absolute Gasteiger partial charge is 0.354 e. The zero-order valence-corrected chi connectivity index (χ0v) is 11.5. The normalized spacial score (nSPS) is 15.4. The molecule has 2 amide bonds. The molecule has 1 aliphatic carbocycles. The van der Waals surface area contributed by atoms with Gasteiger partial charge in [0.2, 0.25) is 11.8 Å². The number of benzene rings is 1. The van der Waals surface area contributed by atoms with E-state index in [1.165, 1.54) is 0 Å². The van der Waals surface area contributed by atoms with Gasteiger partial charge in [-0.2, -0.15) is 0 Å². The Labute approximate surface area is 118 Å². The Kier molecular flexibility index (Phi) is 5.12. The summed E-state index contributed by atoms with van der Waals surface area (Å²) in [6.07, 6.45) is 3.26. The van der Waals surface area contributed by atoms with Crippen LogP contribution in [0.5, 0.6) is 0 Å². The van der Waals surface area contributed by atoms with Crippen LogP contribution in [0.25, 0.3) is 0 Å². The van der Waals surface area contributed by atoms with Crippen LogP contribution in [0.3, 0.4) is 0 Å². The second-order valence-electron chi connectivity index (χ2n) is 5.12. The second kappa shape index (κ2) is 7.05. The van der Waals surface area contributed by atoms with Crippen LogP contribution in [0.2, 0.25) is 0 Å². The van der Waals surface area contributed by atoms with Gasteiger partial charge in [0.25, 0.3) is 0 Å². The minimum Gasteiger partial charge on any atom is -0.354 e. The highest BCUT2D eigenvalue weighted by atomic mass is 16.2. The fraction of sp³-hybridized carbons (Fsp3) is 0.467. The van der Waals surface area contributed by atoms with E-state index < -0.39 is 6.04 Å². The molecule has 1 aromatic rings. The maximum Gasteiger partial charge on any atom is 0.241 e. The lowest BCUT2D eigenvalue weighted by Crippen LogP contribution is -2.35. The first-order valence-corrected chi connectivity index (χ1v) is 7.04. The van der Waals surface area contributed by atoms with Gasteiger partial charge in [-0.05, 0) is 24.8 Å². The summed E-state index contributed by atoms with van der Waals surface area (Å²) in [5.74, 6) is -0.145. The Morgan fingerprint density at radius 1 is 1.25 bits per heavy atom. The average Bonchev–Trinajstić information content (AvgIpc) is 3.27. The molecule has 1 fully saturated rings. The van der Waals surface area contributed by atoms with E-state index in [0.717, 1.165) is 18.4 Å². The average molecular weight is 275 g/mol. The number of nitrogens with one attached hydrogen (secondary N) is 2. The number of nitrogens with two attached hydrogens (primary N) is 1. The van der Waals surface area contributed by atoms with Crippen LogP contribution in [-0.2, 0) is 9.59 Å². The summed E-state index contributed by atoms with van der Waals surface area (Å²) in [4.78, 5) is 23.3. The van der Waals surface area contributed by atoms with E-state index in [1.54, 1.807) is 0 Å². The third kappa shape index (κ3) is 4.66. The predicted octanol–water partition coefficient (Wildman–Crippen LogP) is 0.861. The molecule has 0 aliphatic heterocycles. The number of rotatable bonds is 7. The van der Waals surface area contributed by atoms with E-state index in [9.17, 15) is 9.59 Å². The van der Waals surface area contributed by atoms with E-state index in [2.05, 4.69) is 10.6 Å². The van der Waals surface area contributed by atoms with Crippen LogP contribution in [0, 0.1) is 0 Å². The molecule has 1 aromatic carbocycles. The molecule has 20 heavy (non-hydrogen) atoms. The number of hydrogen-bond acceptors (Lipinski definition) is 3. The van der Waals surface area contributed by atoms with Crippen LogP contribution in [0.15, 0.2) is 30.3 Å². The van der Waals surface area contributed by atoms with Crippen molar-refractivity contribution in [3.63, 3.8) is 0 Å². The van der Waals surface area contributed by atoms with E-state index in [0.29, 0.717) is 25.4 Å². The molecule has 2 rings (SSSR count). The molecule has 0 aromatic heterocycles. The van der Waals surface area contributed by atoms with Crippen LogP contribution in [0.1, 0.15) is 37.3 Å². The SMILES string of the molecule is N[C@@H](C(=O)NCCCC(=O)NC1CC1)c1ccccc1. The highest BCUT2D eigenvalue weighted by Gasteiger charge is 2.22. The molecule has 0 spiro atoms. The van der Waals surface area contributed by atoms with Gasteiger partial charge < -0.3 is 16.4 Å². The summed E-state index contributed by atoms with van der Waals surface area (Å²) in [6, 6.07) is 8.97. The highest BCUT2D eigenvalue weighted by molar-refractivity contribution is 5.83. The number of amides is 2. The summed E-state index contributed by atoms with van der Waals surface area (Å²) in [6.45, 7) is 0.470. The molecule has 0 radical (unpaired) electrons. The molecule has 0 saturated heterocycles. The Bertz CT molecular complexity index is 457. The van der Waals surface area contributed by atoms with Crippen molar-refractivity contribution in [2.24, 2.45) is 5.73 Å². The Morgan fingerprint density at radius 2 is 1.95 bits per heavy atom. The van der Waals surface area contributed by atoms with Crippen molar-refractivity contribution in [3.05, 3.63) is 35.9 Å². The van der Waals surface area contributed by atoms with Crippen LogP contribution < -0.4 is 16.4 Å². The van der Waals surface area contributed by atoms with Crippen molar-refractivity contribution in [2.75, 3.05) is 6.54 Å². The fourth-order valence-corrected chi connectivity index (χ4v) is 1.91. The Balaban J connectivity index is 1.63. The van der Waals surface area contributed by atoms with Gasteiger partial charge in [-0.15, -0.1) is 0 Å². The van der Waals surface area contributed by atoms with Crippen LogP contribution in [0.4, 0.5) is 0 Å². The van der Waals surface area contributed by atoms with Gasteiger partial charge in [0.1, 0.15) is 6.04 Å². The molecule has 0 bridgehead atoms. The maximum atomic E-state index is 11.8. The number of carbonyl (C=O) groups is 2. The van der Waals surface area contributed by atoms with Crippen LogP contribution >= 0.6 is 0 Å². The fourth-order valence-electron chi connectivity index (χ4n) is 1.91. The van der Waals surface area contributed by atoms with Gasteiger partial charge >= 0.3 is 0 Å². The topological polar surface area (TPSA) is 84.2 Å². The van der Waals surface area contributed by atoms with Crippen molar-refractivity contribution in [3.8, 4) is 0 Å². The predicted molar refractivity (Wildman–Crippen MR) is 76.8 cm³/mol. The molecule has 1 aliphatic rings. The van der Waals surface area contributed by atoms with Gasteiger partial charge in [-0.1, -0.05) is 30.3 Å². The van der Waals surface area contributed by atoms with Crippen molar-refractivity contribution in [1.29, 1.82) is 0 Å². The van der Waals surface area contributed by atoms with E-state index in [-0.39, 0.29) is 11.8 Å². The monoisotopic (exact) mass is 275 g/mol. The summed E-state index contributed by atoms with van der Waals surface area (Å²) >= 11 is 0. The third-order valence-corrected chi connectivity index (χ3v) is 3.26. The Hall–Kier alpha value is -1.88. The van der Waals surface area contributed by atoms with Crippen molar-refractivity contribution in [2.45, 2.75) is 37.8 Å².